The summed E-state index contributed by atoms with van der Waals surface area (Å²) < 4.78 is 9.91. The van der Waals surface area contributed by atoms with Crippen molar-refractivity contribution in [1.82, 2.24) is 0 Å². The monoisotopic (exact) mass is 342 g/mol. The van der Waals surface area contributed by atoms with E-state index in [9.17, 15) is 35.7 Å². The third kappa shape index (κ3) is 2.88. The lowest BCUT2D eigenvalue weighted by Crippen LogP contribution is -2.76. The first-order valence-corrected chi connectivity index (χ1v) is 7.03. The van der Waals surface area contributed by atoms with Crippen LogP contribution in [0.15, 0.2) is 0 Å². The van der Waals surface area contributed by atoms with Crippen molar-refractivity contribution in [3.8, 4) is 0 Å². The molecule has 0 aromatic rings. The summed E-state index contributed by atoms with van der Waals surface area (Å²) in [6.07, 6.45) is -16.4. The molecular formula is C12H22O11. The van der Waals surface area contributed by atoms with Gasteiger partial charge in [-0.2, -0.15) is 0 Å². The van der Waals surface area contributed by atoms with Gasteiger partial charge in [-0.1, -0.05) is 0 Å². The molecule has 0 spiro atoms. The maximum atomic E-state index is 10.6. The van der Waals surface area contributed by atoms with Crippen LogP contribution in [0.5, 0.6) is 0 Å². The molecule has 2 aliphatic rings. The molecule has 0 saturated carbocycles. The van der Waals surface area contributed by atoms with Crippen LogP contribution in [0.25, 0.3) is 0 Å². The van der Waals surface area contributed by atoms with Gasteiger partial charge in [-0.25, -0.2) is 0 Å². The van der Waals surface area contributed by atoms with Gasteiger partial charge in [0.15, 0.2) is 11.9 Å². The van der Waals surface area contributed by atoms with Crippen molar-refractivity contribution in [3.05, 3.63) is 0 Å². The highest BCUT2D eigenvalue weighted by molar-refractivity contribution is 5.10. The summed E-state index contributed by atoms with van der Waals surface area (Å²) in [5.74, 6) is 0. The van der Waals surface area contributed by atoms with E-state index in [1.54, 1.807) is 0 Å². The molecule has 2 saturated heterocycles. The molecule has 0 bridgehead atoms. The second-order valence-electron chi connectivity index (χ2n) is 5.78. The topological polar surface area (TPSA) is 201 Å². The molecule has 136 valence electrons. The van der Waals surface area contributed by atoms with E-state index in [0.29, 0.717) is 0 Å². The fraction of sp³-hybridized carbons (Fsp3) is 1.00. The fourth-order valence-electron chi connectivity index (χ4n) is 2.92. The van der Waals surface area contributed by atoms with E-state index in [-0.39, 0.29) is 0 Å². The molecule has 2 fully saturated rings. The average Bonchev–Trinajstić information content (AvgIpc) is 2.54. The predicted octanol–water partition coefficient (Wildman–Crippen LogP) is -6.01. The van der Waals surface area contributed by atoms with E-state index in [1.807, 2.05) is 0 Å². The Kier molecular flexibility index (Phi) is 5.60. The van der Waals surface area contributed by atoms with Crippen molar-refractivity contribution in [2.45, 2.75) is 60.7 Å². The van der Waals surface area contributed by atoms with Crippen molar-refractivity contribution in [3.63, 3.8) is 0 Å². The first-order valence-electron chi connectivity index (χ1n) is 7.03. The SMILES string of the molecule is OC[C@H]1O[C@@H]([C@]2(O)[C@@H](O)O[C@H](CO)[C@H](O)[C@@H]2O)[C@H](O)[C@@H](O)[C@@H]1O. The largest absolute Gasteiger partial charge is 0.394 e. The summed E-state index contributed by atoms with van der Waals surface area (Å²) in [5.41, 5.74) is -2.79. The molecular weight excluding hydrogens is 320 g/mol. The molecule has 0 aromatic heterocycles. The second-order valence-corrected chi connectivity index (χ2v) is 5.78. The van der Waals surface area contributed by atoms with Crippen molar-refractivity contribution < 1.29 is 55.4 Å². The molecule has 9 N–H and O–H groups in total. The molecule has 10 atom stereocenters. The number of aliphatic hydroxyl groups is 9. The number of ether oxygens (including phenoxy) is 2. The summed E-state index contributed by atoms with van der Waals surface area (Å²) in [5, 5.41) is 88.1. The molecule has 0 aromatic carbocycles. The summed E-state index contributed by atoms with van der Waals surface area (Å²) in [6.45, 7) is -1.55. The fourth-order valence-corrected chi connectivity index (χ4v) is 2.92. The van der Waals surface area contributed by atoms with Crippen LogP contribution in [0.2, 0.25) is 0 Å². The average molecular weight is 342 g/mol. The van der Waals surface area contributed by atoms with E-state index < -0.39 is 73.9 Å². The molecule has 2 heterocycles. The molecule has 11 heteroatoms. The molecule has 23 heavy (non-hydrogen) atoms. The van der Waals surface area contributed by atoms with Crippen molar-refractivity contribution in [1.29, 1.82) is 0 Å². The van der Waals surface area contributed by atoms with Crippen molar-refractivity contribution in [2.75, 3.05) is 13.2 Å². The van der Waals surface area contributed by atoms with E-state index in [0.717, 1.165) is 0 Å². The zero-order chi connectivity index (χ0) is 17.5. The number of hydrogen-bond donors (Lipinski definition) is 9. The molecule has 11 nitrogen and oxygen atoms in total. The van der Waals surface area contributed by atoms with Crippen LogP contribution >= 0.6 is 0 Å². The molecule has 0 unspecified atom stereocenters. The summed E-state index contributed by atoms with van der Waals surface area (Å²) in [7, 11) is 0. The van der Waals surface area contributed by atoms with Gasteiger partial charge in [0.05, 0.1) is 13.2 Å². The standard InChI is InChI=1S/C12H22O11/c13-1-3-5(15)7(17)8(18)10(22-3)12(21)9(19)6(16)4(2-14)23-11(12)20/h3-11,13-21H,1-2H2/t3-,4-,5-,6+,7+,8-,9+,10-,11+,12+/m1/s1. The number of hydrogen-bond acceptors (Lipinski definition) is 11. The van der Waals surface area contributed by atoms with Gasteiger partial charge >= 0.3 is 0 Å². The Bertz CT molecular complexity index is 406. The van der Waals surface area contributed by atoms with E-state index >= 15 is 0 Å². The lowest BCUT2D eigenvalue weighted by Gasteiger charge is -2.53. The molecule has 0 radical (unpaired) electrons. The van der Waals surface area contributed by atoms with Crippen molar-refractivity contribution in [2.24, 2.45) is 0 Å². The predicted molar refractivity (Wildman–Crippen MR) is 68.7 cm³/mol. The van der Waals surface area contributed by atoms with Crippen LogP contribution < -0.4 is 0 Å². The van der Waals surface area contributed by atoms with Gasteiger partial charge in [-0.3, -0.25) is 0 Å². The minimum atomic E-state index is -2.79. The Morgan fingerprint density at radius 1 is 0.696 bits per heavy atom. The first-order chi connectivity index (χ1) is 10.7. The van der Waals surface area contributed by atoms with Gasteiger partial charge in [0, 0.05) is 0 Å². The smallest absolute Gasteiger partial charge is 0.189 e. The maximum Gasteiger partial charge on any atom is 0.189 e. The zero-order valence-electron chi connectivity index (χ0n) is 12.0. The quantitative estimate of drug-likeness (QED) is 0.236. The highest BCUT2D eigenvalue weighted by Gasteiger charge is 2.63. The van der Waals surface area contributed by atoms with Gasteiger partial charge in [0.25, 0.3) is 0 Å². The van der Waals surface area contributed by atoms with Gasteiger partial charge in [0.1, 0.15) is 48.8 Å². The minimum Gasteiger partial charge on any atom is -0.394 e. The van der Waals surface area contributed by atoms with Gasteiger partial charge in [-0.15, -0.1) is 0 Å². The Balaban J connectivity index is 2.33. The van der Waals surface area contributed by atoms with Crippen LogP contribution in [-0.2, 0) is 9.47 Å². The van der Waals surface area contributed by atoms with Gasteiger partial charge in [0.2, 0.25) is 0 Å². The zero-order valence-corrected chi connectivity index (χ0v) is 12.0. The van der Waals surface area contributed by atoms with Crippen LogP contribution in [-0.4, -0.2) is 120 Å². The summed E-state index contributed by atoms with van der Waals surface area (Å²) in [6, 6.07) is 0. The van der Waals surface area contributed by atoms with Crippen LogP contribution in [0.4, 0.5) is 0 Å². The van der Waals surface area contributed by atoms with Gasteiger partial charge in [-0.05, 0) is 0 Å². The Morgan fingerprint density at radius 2 is 1.22 bits per heavy atom. The van der Waals surface area contributed by atoms with Gasteiger partial charge < -0.3 is 55.4 Å². The van der Waals surface area contributed by atoms with Crippen LogP contribution in [0.1, 0.15) is 0 Å². The lowest BCUT2D eigenvalue weighted by molar-refractivity contribution is -0.378. The van der Waals surface area contributed by atoms with Crippen LogP contribution in [0, 0.1) is 0 Å². The van der Waals surface area contributed by atoms with E-state index in [4.69, 9.17) is 19.7 Å². The second kappa shape index (κ2) is 6.82. The van der Waals surface area contributed by atoms with Crippen LogP contribution in [0.3, 0.4) is 0 Å². The van der Waals surface area contributed by atoms with Crippen molar-refractivity contribution >= 4 is 0 Å². The third-order valence-corrected chi connectivity index (χ3v) is 4.41. The highest BCUT2D eigenvalue weighted by Crippen LogP contribution is 2.38. The molecule has 2 aliphatic heterocycles. The molecule has 0 amide bonds. The first kappa shape index (κ1) is 18.9. The lowest BCUT2D eigenvalue weighted by atomic mass is 9.77. The minimum absolute atomic E-state index is 0.764. The maximum absolute atomic E-state index is 10.6. The normalized spacial score (nSPS) is 54.9. The Hall–Kier alpha value is -0.440. The summed E-state index contributed by atoms with van der Waals surface area (Å²) >= 11 is 0. The number of rotatable bonds is 3. The molecule has 0 aliphatic carbocycles. The number of aliphatic hydroxyl groups excluding tert-OH is 8. The Morgan fingerprint density at radius 3 is 1.74 bits per heavy atom. The summed E-state index contributed by atoms with van der Waals surface area (Å²) in [4.78, 5) is 0. The van der Waals surface area contributed by atoms with E-state index in [1.165, 1.54) is 0 Å². The molecule has 2 rings (SSSR count). The Labute approximate surface area is 130 Å². The third-order valence-electron chi connectivity index (χ3n) is 4.41. The van der Waals surface area contributed by atoms with E-state index in [2.05, 4.69) is 0 Å². The highest BCUT2D eigenvalue weighted by atomic mass is 16.7.